The molecular formula is C22H18FN3O4. The van der Waals surface area contributed by atoms with E-state index < -0.39 is 11.7 Å². The molecule has 1 amide bonds. The Morgan fingerprint density at radius 2 is 1.90 bits per heavy atom. The minimum atomic E-state index is -0.427. The van der Waals surface area contributed by atoms with E-state index in [1.165, 1.54) is 12.1 Å². The van der Waals surface area contributed by atoms with Gasteiger partial charge in [-0.1, -0.05) is 6.07 Å². The summed E-state index contributed by atoms with van der Waals surface area (Å²) in [6.45, 7) is 3.47. The average Bonchev–Trinajstić information content (AvgIpc) is 3.10. The first kappa shape index (κ1) is 19.4. The SMILES string of the molecule is Cc1cc2nc(COc3ccc(NC(=O)c4ccc(C)c(F)c4)cc3)cc(=O)n2o1. The molecule has 0 aliphatic rings. The van der Waals surface area contributed by atoms with Crippen LogP contribution in [-0.4, -0.2) is 15.5 Å². The average molecular weight is 407 g/mol. The molecule has 0 bridgehead atoms. The predicted molar refractivity (Wildman–Crippen MR) is 108 cm³/mol. The number of nitrogens with one attached hydrogen (secondary N) is 1. The number of aromatic nitrogens is 2. The van der Waals surface area contributed by atoms with Gasteiger partial charge in [-0.2, -0.15) is 0 Å². The molecule has 0 fully saturated rings. The molecule has 0 spiro atoms. The monoisotopic (exact) mass is 407 g/mol. The molecule has 7 nitrogen and oxygen atoms in total. The highest BCUT2D eigenvalue weighted by Crippen LogP contribution is 2.18. The molecule has 30 heavy (non-hydrogen) atoms. The zero-order valence-electron chi connectivity index (χ0n) is 16.3. The van der Waals surface area contributed by atoms with E-state index >= 15 is 0 Å². The number of benzene rings is 2. The fourth-order valence-corrected chi connectivity index (χ4v) is 2.88. The van der Waals surface area contributed by atoms with Gasteiger partial charge in [0.05, 0.1) is 5.69 Å². The first-order chi connectivity index (χ1) is 14.4. The number of rotatable bonds is 5. The van der Waals surface area contributed by atoms with Crippen LogP contribution in [0.4, 0.5) is 10.1 Å². The van der Waals surface area contributed by atoms with Gasteiger partial charge >= 0.3 is 0 Å². The van der Waals surface area contributed by atoms with Crippen LogP contribution in [0.15, 0.2) is 63.9 Å². The molecule has 4 aromatic rings. The van der Waals surface area contributed by atoms with E-state index in [-0.39, 0.29) is 17.7 Å². The Labute approximate surface area is 170 Å². The molecule has 2 aromatic heterocycles. The number of nitrogens with zero attached hydrogens (tertiary/aromatic N) is 2. The number of carbonyl (C=O) groups is 1. The summed E-state index contributed by atoms with van der Waals surface area (Å²) in [5.74, 6) is 0.294. The van der Waals surface area contributed by atoms with E-state index in [0.717, 1.165) is 4.57 Å². The molecule has 4 rings (SSSR count). The summed E-state index contributed by atoms with van der Waals surface area (Å²) in [6, 6.07) is 14.1. The minimum absolute atomic E-state index is 0.102. The van der Waals surface area contributed by atoms with Crippen molar-refractivity contribution >= 4 is 17.2 Å². The van der Waals surface area contributed by atoms with Crippen molar-refractivity contribution in [3.8, 4) is 5.75 Å². The maximum Gasteiger partial charge on any atom is 0.287 e. The van der Waals surface area contributed by atoms with E-state index in [1.807, 2.05) is 0 Å². The fraction of sp³-hybridized carbons (Fsp3) is 0.136. The summed E-state index contributed by atoms with van der Waals surface area (Å²) < 4.78 is 25.7. The maximum atomic E-state index is 13.6. The molecule has 0 aliphatic carbocycles. The number of aryl methyl sites for hydroxylation is 2. The summed E-state index contributed by atoms with van der Waals surface area (Å²) in [5, 5.41) is 2.71. The predicted octanol–water partition coefficient (Wildman–Crippen LogP) is 3.87. The van der Waals surface area contributed by atoms with Gasteiger partial charge in [-0.05, 0) is 55.8 Å². The standard InChI is InChI=1S/C22H18FN3O4/c1-13-3-4-15(10-19(13)23)22(28)25-16-5-7-18(8-6-16)29-12-17-11-21(27)26-20(24-17)9-14(2)30-26/h3-11H,12H2,1-2H3,(H,25,28). The lowest BCUT2D eigenvalue weighted by molar-refractivity contribution is 0.102. The highest BCUT2D eigenvalue weighted by Gasteiger charge is 2.10. The second-order valence-corrected chi connectivity index (χ2v) is 6.82. The molecule has 0 unspecified atom stereocenters. The number of hydrogen-bond acceptors (Lipinski definition) is 5. The molecule has 1 N–H and O–H groups in total. The number of hydrogen-bond donors (Lipinski definition) is 1. The lowest BCUT2D eigenvalue weighted by Crippen LogP contribution is -2.14. The zero-order valence-corrected chi connectivity index (χ0v) is 16.3. The second-order valence-electron chi connectivity index (χ2n) is 6.82. The molecule has 152 valence electrons. The van der Waals surface area contributed by atoms with Crippen molar-refractivity contribution in [2.75, 3.05) is 5.32 Å². The quantitative estimate of drug-likeness (QED) is 0.543. The van der Waals surface area contributed by atoms with Crippen LogP contribution in [0.1, 0.15) is 27.4 Å². The molecule has 0 radical (unpaired) electrons. The Bertz CT molecular complexity index is 1290. The maximum absolute atomic E-state index is 13.6. The molecule has 2 heterocycles. The van der Waals surface area contributed by atoms with Crippen molar-refractivity contribution in [2.24, 2.45) is 0 Å². The number of carbonyl (C=O) groups excluding carboxylic acids is 1. The van der Waals surface area contributed by atoms with E-state index in [4.69, 9.17) is 9.26 Å². The van der Waals surface area contributed by atoms with Gasteiger partial charge in [0.15, 0.2) is 5.65 Å². The topological polar surface area (TPSA) is 85.8 Å². The lowest BCUT2D eigenvalue weighted by atomic mass is 10.1. The van der Waals surface area contributed by atoms with Gasteiger partial charge in [-0.15, -0.1) is 4.57 Å². The first-order valence-electron chi connectivity index (χ1n) is 9.19. The first-order valence-corrected chi connectivity index (χ1v) is 9.19. The van der Waals surface area contributed by atoms with Crippen LogP contribution in [0, 0.1) is 19.7 Å². The van der Waals surface area contributed by atoms with Gasteiger partial charge in [0.1, 0.15) is 23.9 Å². The Balaban J connectivity index is 1.40. The highest BCUT2D eigenvalue weighted by atomic mass is 19.1. The number of halogens is 1. The third-order valence-corrected chi connectivity index (χ3v) is 4.46. The van der Waals surface area contributed by atoms with Crippen LogP contribution < -0.4 is 15.6 Å². The van der Waals surface area contributed by atoms with E-state index in [0.29, 0.717) is 34.1 Å². The number of amides is 1. The summed E-state index contributed by atoms with van der Waals surface area (Å²) in [4.78, 5) is 28.6. The van der Waals surface area contributed by atoms with Crippen molar-refractivity contribution in [1.29, 1.82) is 0 Å². The van der Waals surface area contributed by atoms with E-state index in [2.05, 4.69) is 10.3 Å². The van der Waals surface area contributed by atoms with E-state index in [1.54, 1.807) is 56.3 Å². The molecule has 2 aromatic carbocycles. The van der Waals surface area contributed by atoms with Crippen LogP contribution >= 0.6 is 0 Å². The molecule has 0 atom stereocenters. The highest BCUT2D eigenvalue weighted by molar-refractivity contribution is 6.04. The summed E-state index contributed by atoms with van der Waals surface area (Å²) in [5.41, 5.74) is 1.83. The molecule has 8 heteroatoms. The third kappa shape index (κ3) is 4.07. The molecule has 0 saturated heterocycles. The summed E-state index contributed by atoms with van der Waals surface area (Å²) in [6.07, 6.45) is 0. The van der Waals surface area contributed by atoms with Crippen LogP contribution in [0.25, 0.3) is 5.65 Å². The van der Waals surface area contributed by atoms with Crippen molar-refractivity contribution in [1.82, 2.24) is 9.56 Å². The fourth-order valence-electron chi connectivity index (χ4n) is 2.88. The normalized spacial score (nSPS) is 10.9. The van der Waals surface area contributed by atoms with Gasteiger partial charge in [-0.3, -0.25) is 9.59 Å². The van der Waals surface area contributed by atoms with Crippen molar-refractivity contribution in [3.05, 3.63) is 93.3 Å². The largest absolute Gasteiger partial charge is 0.487 e. The van der Waals surface area contributed by atoms with E-state index in [9.17, 15) is 14.0 Å². The minimum Gasteiger partial charge on any atom is -0.487 e. The molecule has 0 saturated carbocycles. The smallest absolute Gasteiger partial charge is 0.287 e. The van der Waals surface area contributed by atoms with Crippen LogP contribution in [0.3, 0.4) is 0 Å². The van der Waals surface area contributed by atoms with Gasteiger partial charge in [0.2, 0.25) is 0 Å². The van der Waals surface area contributed by atoms with Crippen LogP contribution in [-0.2, 0) is 6.61 Å². The lowest BCUT2D eigenvalue weighted by Gasteiger charge is -2.09. The Kier molecular flexibility index (Phi) is 5.05. The summed E-state index contributed by atoms with van der Waals surface area (Å²) >= 11 is 0. The zero-order chi connectivity index (χ0) is 21.3. The van der Waals surface area contributed by atoms with Crippen LogP contribution in [0.2, 0.25) is 0 Å². The second kappa shape index (κ2) is 7.82. The third-order valence-electron chi connectivity index (χ3n) is 4.46. The molecular weight excluding hydrogens is 389 g/mol. The van der Waals surface area contributed by atoms with Gasteiger partial charge in [0, 0.05) is 23.4 Å². The Hall–Kier alpha value is -3.94. The van der Waals surface area contributed by atoms with Gasteiger partial charge in [0.25, 0.3) is 11.5 Å². The van der Waals surface area contributed by atoms with Gasteiger partial charge in [-0.25, -0.2) is 9.37 Å². The Morgan fingerprint density at radius 1 is 1.13 bits per heavy atom. The van der Waals surface area contributed by atoms with Crippen LogP contribution in [0.5, 0.6) is 5.75 Å². The van der Waals surface area contributed by atoms with Crippen molar-refractivity contribution in [2.45, 2.75) is 20.5 Å². The van der Waals surface area contributed by atoms with Crippen molar-refractivity contribution < 1.29 is 18.4 Å². The summed E-state index contributed by atoms with van der Waals surface area (Å²) in [7, 11) is 0. The van der Waals surface area contributed by atoms with Crippen molar-refractivity contribution in [3.63, 3.8) is 0 Å². The Morgan fingerprint density at radius 3 is 2.63 bits per heavy atom. The van der Waals surface area contributed by atoms with Gasteiger partial charge < -0.3 is 14.6 Å². The number of fused-ring (bicyclic) bond motifs is 1. The number of ether oxygens (including phenoxy) is 1. The molecule has 0 aliphatic heterocycles. The number of anilines is 1.